The van der Waals surface area contributed by atoms with Crippen molar-refractivity contribution >= 4 is 11.9 Å². The molecule has 0 radical (unpaired) electrons. The van der Waals surface area contributed by atoms with Crippen molar-refractivity contribution in [1.29, 1.82) is 0 Å². The molecule has 0 bridgehead atoms. The summed E-state index contributed by atoms with van der Waals surface area (Å²) in [6, 6.07) is 14.6. The highest BCUT2D eigenvalue weighted by Gasteiger charge is 2.05. The molecular weight excluding hydrogens is 318 g/mol. The van der Waals surface area contributed by atoms with Crippen LogP contribution in [0.2, 0.25) is 0 Å². The van der Waals surface area contributed by atoms with Gasteiger partial charge in [0.2, 0.25) is 5.91 Å². The average molecular weight is 341 g/mol. The molecule has 0 atom stereocenters. The number of aromatic carboxylic acids is 1. The van der Waals surface area contributed by atoms with E-state index in [4.69, 9.17) is 9.84 Å². The third kappa shape index (κ3) is 6.30. The standard InChI is InChI=1S/C20H23NO4/c1-25-18-10-8-15(9-11-18)4-3-7-19(22)21-13-12-16-5-2-6-17(14-16)20(23)24/h2,5-6,8-11,14H,3-4,7,12-13H2,1H3,(H,21,22)(H,23,24). The fourth-order valence-electron chi connectivity index (χ4n) is 2.54. The SMILES string of the molecule is COc1ccc(CCCC(=O)NCCc2cccc(C(=O)O)c2)cc1. The molecule has 0 saturated heterocycles. The van der Waals surface area contributed by atoms with E-state index in [0.29, 0.717) is 19.4 Å². The molecular formula is C20H23NO4. The minimum absolute atomic E-state index is 0.0166. The van der Waals surface area contributed by atoms with Crippen LogP contribution >= 0.6 is 0 Å². The van der Waals surface area contributed by atoms with E-state index in [2.05, 4.69) is 5.32 Å². The Morgan fingerprint density at radius 2 is 1.80 bits per heavy atom. The predicted molar refractivity (Wildman–Crippen MR) is 96.0 cm³/mol. The van der Waals surface area contributed by atoms with Crippen LogP contribution in [-0.2, 0) is 17.6 Å². The van der Waals surface area contributed by atoms with Crippen LogP contribution in [0.3, 0.4) is 0 Å². The number of carboxylic acids is 1. The lowest BCUT2D eigenvalue weighted by Crippen LogP contribution is -2.25. The third-order valence-electron chi connectivity index (χ3n) is 3.94. The summed E-state index contributed by atoms with van der Waals surface area (Å²) >= 11 is 0. The summed E-state index contributed by atoms with van der Waals surface area (Å²) in [5.74, 6) is -0.0965. The molecule has 0 saturated carbocycles. The zero-order valence-electron chi connectivity index (χ0n) is 14.3. The largest absolute Gasteiger partial charge is 0.497 e. The smallest absolute Gasteiger partial charge is 0.335 e. The van der Waals surface area contributed by atoms with Gasteiger partial charge in [0.05, 0.1) is 12.7 Å². The second-order valence-electron chi connectivity index (χ2n) is 5.81. The predicted octanol–water partition coefficient (Wildman–Crippen LogP) is 3.08. The molecule has 2 rings (SSSR count). The van der Waals surface area contributed by atoms with Gasteiger partial charge in [0.25, 0.3) is 0 Å². The van der Waals surface area contributed by atoms with Gasteiger partial charge >= 0.3 is 5.97 Å². The molecule has 132 valence electrons. The second kappa shape index (κ2) is 9.47. The summed E-state index contributed by atoms with van der Waals surface area (Å²) in [7, 11) is 1.64. The van der Waals surface area contributed by atoms with Crippen LogP contribution < -0.4 is 10.1 Å². The summed E-state index contributed by atoms with van der Waals surface area (Å²) in [6.45, 7) is 0.504. The molecule has 0 aliphatic rings. The Kier molecular flexibility index (Phi) is 7.01. The number of rotatable bonds is 9. The molecule has 5 nitrogen and oxygen atoms in total. The highest BCUT2D eigenvalue weighted by molar-refractivity contribution is 5.87. The van der Waals surface area contributed by atoms with Crippen LogP contribution in [-0.4, -0.2) is 30.6 Å². The molecule has 25 heavy (non-hydrogen) atoms. The van der Waals surface area contributed by atoms with Gasteiger partial charge in [-0.3, -0.25) is 4.79 Å². The monoisotopic (exact) mass is 341 g/mol. The van der Waals surface area contributed by atoms with Gasteiger partial charge in [-0.05, 0) is 54.7 Å². The van der Waals surface area contributed by atoms with E-state index in [-0.39, 0.29) is 11.5 Å². The van der Waals surface area contributed by atoms with Gasteiger partial charge in [-0.25, -0.2) is 4.79 Å². The molecule has 1 amide bonds. The Balaban J connectivity index is 1.66. The first-order valence-electron chi connectivity index (χ1n) is 8.30. The molecule has 0 spiro atoms. The number of aryl methyl sites for hydroxylation is 1. The van der Waals surface area contributed by atoms with E-state index in [1.165, 1.54) is 5.56 Å². The van der Waals surface area contributed by atoms with E-state index in [9.17, 15) is 9.59 Å². The fourth-order valence-corrected chi connectivity index (χ4v) is 2.54. The molecule has 0 aliphatic heterocycles. The third-order valence-corrected chi connectivity index (χ3v) is 3.94. The van der Waals surface area contributed by atoms with Crippen LogP contribution in [0.15, 0.2) is 48.5 Å². The highest BCUT2D eigenvalue weighted by atomic mass is 16.5. The lowest BCUT2D eigenvalue weighted by molar-refractivity contribution is -0.121. The maximum atomic E-state index is 11.9. The zero-order valence-corrected chi connectivity index (χ0v) is 14.3. The number of hydrogen-bond acceptors (Lipinski definition) is 3. The number of methoxy groups -OCH3 is 1. The Labute approximate surface area is 147 Å². The molecule has 2 aromatic carbocycles. The van der Waals surface area contributed by atoms with E-state index >= 15 is 0 Å². The Bertz CT molecular complexity index is 710. The minimum Gasteiger partial charge on any atom is -0.497 e. The average Bonchev–Trinajstić information content (AvgIpc) is 2.62. The summed E-state index contributed by atoms with van der Waals surface area (Å²) in [5.41, 5.74) is 2.35. The molecule has 2 N–H and O–H groups in total. The molecule has 0 aromatic heterocycles. The molecule has 0 fully saturated rings. The van der Waals surface area contributed by atoms with Crippen LogP contribution in [0.5, 0.6) is 5.75 Å². The van der Waals surface area contributed by atoms with Crippen LogP contribution in [0.25, 0.3) is 0 Å². The number of carboxylic acid groups (broad SMARTS) is 1. The van der Waals surface area contributed by atoms with Crippen molar-refractivity contribution in [3.63, 3.8) is 0 Å². The van der Waals surface area contributed by atoms with Gasteiger partial charge in [-0.15, -0.1) is 0 Å². The number of ether oxygens (including phenoxy) is 1. The molecule has 0 unspecified atom stereocenters. The second-order valence-corrected chi connectivity index (χ2v) is 5.81. The van der Waals surface area contributed by atoms with Gasteiger partial charge in [0.15, 0.2) is 0 Å². The fraction of sp³-hybridized carbons (Fsp3) is 0.300. The van der Waals surface area contributed by atoms with Crippen LogP contribution in [0.4, 0.5) is 0 Å². The number of nitrogens with one attached hydrogen (secondary N) is 1. The van der Waals surface area contributed by atoms with Crippen LogP contribution in [0.1, 0.15) is 34.3 Å². The summed E-state index contributed by atoms with van der Waals surface area (Å²) < 4.78 is 5.12. The van der Waals surface area contributed by atoms with Gasteiger partial charge in [-0.1, -0.05) is 24.3 Å². The summed E-state index contributed by atoms with van der Waals surface area (Å²) in [4.78, 5) is 22.8. The van der Waals surface area contributed by atoms with E-state index in [1.54, 1.807) is 25.3 Å². The topological polar surface area (TPSA) is 75.6 Å². The van der Waals surface area contributed by atoms with Gasteiger partial charge in [0.1, 0.15) is 5.75 Å². The highest BCUT2D eigenvalue weighted by Crippen LogP contribution is 2.13. The van der Waals surface area contributed by atoms with Crippen molar-refractivity contribution in [2.45, 2.75) is 25.7 Å². The first kappa shape index (κ1) is 18.5. The lowest BCUT2D eigenvalue weighted by atomic mass is 10.1. The van der Waals surface area contributed by atoms with Crippen molar-refractivity contribution in [2.75, 3.05) is 13.7 Å². The number of hydrogen-bond donors (Lipinski definition) is 2. The quantitative estimate of drug-likeness (QED) is 0.735. The number of benzene rings is 2. The summed E-state index contributed by atoms with van der Waals surface area (Å²) in [5, 5.41) is 11.8. The molecule has 2 aromatic rings. The van der Waals surface area contributed by atoms with Crippen LogP contribution in [0, 0.1) is 0 Å². The normalized spacial score (nSPS) is 10.3. The summed E-state index contributed by atoms with van der Waals surface area (Å²) in [6.07, 6.45) is 2.72. The number of amides is 1. The minimum atomic E-state index is -0.940. The van der Waals surface area contributed by atoms with Crippen molar-refractivity contribution in [3.8, 4) is 5.75 Å². The van der Waals surface area contributed by atoms with E-state index in [0.717, 1.165) is 24.2 Å². The first-order valence-corrected chi connectivity index (χ1v) is 8.30. The van der Waals surface area contributed by atoms with Gasteiger partial charge in [0, 0.05) is 13.0 Å². The number of carbonyl (C=O) groups is 2. The van der Waals surface area contributed by atoms with Crippen molar-refractivity contribution in [3.05, 3.63) is 65.2 Å². The maximum absolute atomic E-state index is 11.9. The lowest BCUT2D eigenvalue weighted by Gasteiger charge is -2.07. The van der Waals surface area contributed by atoms with E-state index < -0.39 is 5.97 Å². The van der Waals surface area contributed by atoms with Crippen molar-refractivity contribution < 1.29 is 19.4 Å². The van der Waals surface area contributed by atoms with Crippen molar-refractivity contribution in [2.24, 2.45) is 0 Å². The molecule has 0 heterocycles. The Morgan fingerprint density at radius 1 is 1.04 bits per heavy atom. The molecule has 5 heteroatoms. The van der Waals surface area contributed by atoms with Gasteiger partial charge < -0.3 is 15.2 Å². The van der Waals surface area contributed by atoms with Crippen molar-refractivity contribution in [1.82, 2.24) is 5.32 Å². The molecule has 0 aliphatic carbocycles. The van der Waals surface area contributed by atoms with Gasteiger partial charge in [-0.2, -0.15) is 0 Å². The Morgan fingerprint density at radius 3 is 2.48 bits per heavy atom. The Hall–Kier alpha value is -2.82. The zero-order chi connectivity index (χ0) is 18.1. The number of carbonyl (C=O) groups excluding carboxylic acids is 1. The van der Waals surface area contributed by atoms with E-state index in [1.807, 2.05) is 30.3 Å². The first-order chi connectivity index (χ1) is 12.1. The maximum Gasteiger partial charge on any atom is 0.335 e.